The van der Waals surface area contributed by atoms with Crippen molar-refractivity contribution in [3.8, 4) is 0 Å². The first-order valence-corrected chi connectivity index (χ1v) is 7.06. The monoisotopic (exact) mass is 324 g/mol. The average Bonchev–Trinajstić information content (AvgIpc) is 2.55. The molecular weight excluding hydrogens is 311 g/mol. The van der Waals surface area contributed by atoms with E-state index in [1.165, 1.54) is 24.4 Å². The van der Waals surface area contributed by atoms with E-state index in [2.05, 4.69) is 15.5 Å². The number of rotatable bonds is 3. The molecule has 6 nitrogen and oxygen atoms in total. The van der Waals surface area contributed by atoms with Gasteiger partial charge in [0.25, 0.3) is 11.5 Å². The van der Waals surface area contributed by atoms with E-state index in [1.807, 2.05) is 0 Å². The molecule has 0 saturated carbocycles. The number of hydrogen-bond donors (Lipinski definition) is 3. The predicted octanol–water partition coefficient (Wildman–Crippen LogP) is 2.01. The van der Waals surface area contributed by atoms with E-state index >= 15 is 0 Å². The van der Waals surface area contributed by atoms with Crippen LogP contribution >= 0.6 is 0 Å². The van der Waals surface area contributed by atoms with Gasteiger partial charge in [-0.2, -0.15) is 5.10 Å². The zero-order chi connectivity index (χ0) is 17.1. The Balaban J connectivity index is 1.88. The average molecular weight is 324 g/mol. The highest BCUT2D eigenvalue weighted by Gasteiger charge is 2.16. The number of amides is 1. The highest BCUT2D eigenvalue weighted by Crippen LogP contribution is 2.19. The van der Waals surface area contributed by atoms with E-state index < -0.39 is 17.3 Å². The summed E-state index contributed by atoms with van der Waals surface area (Å²) >= 11 is 0. The van der Waals surface area contributed by atoms with Gasteiger partial charge < -0.3 is 10.7 Å². The van der Waals surface area contributed by atoms with E-state index in [-0.39, 0.29) is 11.3 Å². The van der Waals surface area contributed by atoms with Crippen molar-refractivity contribution in [2.24, 2.45) is 5.10 Å². The van der Waals surface area contributed by atoms with Crippen molar-refractivity contribution in [2.45, 2.75) is 0 Å². The molecule has 24 heavy (non-hydrogen) atoms. The fraction of sp³-hybridized carbons (Fsp3) is 0. The van der Waals surface area contributed by atoms with Gasteiger partial charge in [0.1, 0.15) is 11.4 Å². The molecule has 0 bridgehead atoms. The van der Waals surface area contributed by atoms with Gasteiger partial charge in [-0.1, -0.05) is 30.3 Å². The van der Waals surface area contributed by atoms with Crippen LogP contribution in [0.4, 0.5) is 10.1 Å². The summed E-state index contributed by atoms with van der Waals surface area (Å²) < 4.78 is 13.1. The molecule has 0 radical (unpaired) electrons. The Hall–Kier alpha value is -3.48. The van der Waals surface area contributed by atoms with Crippen LogP contribution in [0.5, 0.6) is 0 Å². The van der Waals surface area contributed by atoms with Crippen LogP contribution in [0.2, 0.25) is 0 Å². The number of benzene rings is 2. The molecule has 0 aliphatic rings. The maximum Gasteiger partial charge on any atom is 0.279 e. The Morgan fingerprint density at radius 3 is 2.79 bits per heavy atom. The molecule has 120 valence electrons. The number of nitrogens with zero attached hydrogens (tertiary/aromatic N) is 1. The van der Waals surface area contributed by atoms with Crippen molar-refractivity contribution < 1.29 is 9.18 Å². The second-order valence-corrected chi connectivity index (χ2v) is 5.04. The lowest BCUT2D eigenvalue weighted by molar-refractivity contribution is 0.0954. The smallest absolute Gasteiger partial charge is 0.279 e. The summed E-state index contributed by atoms with van der Waals surface area (Å²) in [4.78, 5) is 26.9. The zero-order valence-electron chi connectivity index (χ0n) is 12.4. The van der Waals surface area contributed by atoms with Gasteiger partial charge >= 0.3 is 0 Å². The summed E-state index contributed by atoms with van der Waals surface area (Å²) in [6.07, 6.45) is 1.27. The molecule has 0 saturated heterocycles. The van der Waals surface area contributed by atoms with Crippen molar-refractivity contribution in [3.05, 3.63) is 75.8 Å². The molecule has 0 spiro atoms. The van der Waals surface area contributed by atoms with Gasteiger partial charge in [-0.05, 0) is 23.8 Å². The SMILES string of the molecule is Nc1c(C(=O)NN=Cc2cccc(F)c2)c(=O)[nH]c2ccccc12. The molecule has 1 heterocycles. The lowest BCUT2D eigenvalue weighted by Gasteiger charge is -2.07. The zero-order valence-corrected chi connectivity index (χ0v) is 12.4. The molecule has 0 fully saturated rings. The second-order valence-electron chi connectivity index (χ2n) is 5.04. The summed E-state index contributed by atoms with van der Waals surface area (Å²) in [7, 11) is 0. The molecule has 7 heteroatoms. The highest BCUT2D eigenvalue weighted by molar-refractivity contribution is 6.06. The minimum absolute atomic E-state index is 0.0767. The number of fused-ring (bicyclic) bond motifs is 1. The first-order valence-electron chi connectivity index (χ1n) is 7.06. The summed E-state index contributed by atoms with van der Waals surface area (Å²) in [6.45, 7) is 0. The number of halogens is 1. The number of hydrogen-bond acceptors (Lipinski definition) is 4. The van der Waals surface area contributed by atoms with Crippen LogP contribution in [0.3, 0.4) is 0 Å². The Morgan fingerprint density at radius 1 is 1.21 bits per heavy atom. The summed E-state index contributed by atoms with van der Waals surface area (Å²) in [5.74, 6) is -1.16. The molecule has 1 amide bonds. The quantitative estimate of drug-likeness (QED) is 0.507. The third-order valence-electron chi connectivity index (χ3n) is 3.42. The summed E-state index contributed by atoms with van der Waals surface area (Å²) in [5.41, 5.74) is 8.42. The molecule has 4 N–H and O–H groups in total. The van der Waals surface area contributed by atoms with Gasteiger partial charge in [0.15, 0.2) is 0 Å². The highest BCUT2D eigenvalue weighted by atomic mass is 19.1. The minimum Gasteiger partial charge on any atom is -0.397 e. The summed E-state index contributed by atoms with van der Waals surface area (Å²) in [5, 5.41) is 4.29. The number of pyridine rings is 1. The van der Waals surface area contributed by atoms with Crippen molar-refractivity contribution in [1.82, 2.24) is 10.4 Å². The Labute approximate surface area is 135 Å². The van der Waals surface area contributed by atoms with Crippen molar-refractivity contribution >= 4 is 28.7 Å². The van der Waals surface area contributed by atoms with Crippen LogP contribution < -0.4 is 16.7 Å². The molecular formula is C17H13FN4O2. The largest absolute Gasteiger partial charge is 0.397 e. The van der Waals surface area contributed by atoms with Gasteiger partial charge in [0, 0.05) is 5.39 Å². The molecule has 1 aromatic heterocycles. The molecule has 3 rings (SSSR count). The van der Waals surface area contributed by atoms with Gasteiger partial charge in [-0.3, -0.25) is 9.59 Å². The number of nitrogens with two attached hydrogens (primary N) is 1. The first-order chi connectivity index (χ1) is 11.6. The molecule has 0 aliphatic carbocycles. The van der Waals surface area contributed by atoms with E-state index in [4.69, 9.17) is 5.73 Å². The molecule has 0 atom stereocenters. The minimum atomic E-state index is -0.743. The number of carbonyl (C=O) groups is 1. The maximum atomic E-state index is 13.1. The van der Waals surface area contributed by atoms with E-state index in [0.29, 0.717) is 16.5 Å². The number of aromatic nitrogens is 1. The van der Waals surface area contributed by atoms with Gasteiger partial charge in [0.05, 0.1) is 17.4 Å². The van der Waals surface area contributed by atoms with Gasteiger partial charge in [-0.25, -0.2) is 9.82 Å². The third-order valence-corrected chi connectivity index (χ3v) is 3.42. The number of para-hydroxylation sites is 1. The number of carbonyl (C=O) groups excluding carboxylic acids is 1. The van der Waals surface area contributed by atoms with E-state index in [9.17, 15) is 14.0 Å². The van der Waals surface area contributed by atoms with Crippen LogP contribution in [0.15, 0.2) is 58.4 Å². The molecule has 3 aromatic rings. The van der Waals surface area contributed by atoms with Gasteiger partial charge in [0.2, 0.25) is 0 Å². The fourth-order valence-electron chi connectivity index (χ4n) is 2.30. The standard InChI is InChI=1S/C17H13FN4O2/c18-11-5-3-4-10(8-11)9-20-22-17(24)14-15(19)12-6-1-2-7-13(12)21-16(14)23/h1-9H,(H,22,24)(H3,19,21,23). The number of hydrazone groups is 1. The van der Waals surface area contributed by atoms with Crippen LogP contribution in [-0.2, 0) is 0 Å². The number of H-pyrrole nitrogens is 1. The predicted molar refractivity (Wildman–Crippen MR) is 90.4 cm³/mol. The number of nitrogens with one attached hydrogen (secondary N) is 2. The summed E-state index contributed by atoms with van der Waals surface area (Å²) in [6, 6.07) is 12.6. The normalized spacial score (nSPS) is 11.0. The molecule has 0 unspecified atom stereocenters. The molecule has 2 aromatic carbocycles. The third kappa shape index (κ3) is 3.00. The van der Waals surface area contributed by atoms with Crippen LogP contribution in [0.1, 0.15) is 15.9 Å². The van der Waals surface area contributed by atoms with E-state index in [0.717, 1.165) is 0 Å². The lowest BCUT2D eigenvalue weighted by Crippen LogP contribution is -2.28. The first kappa shape index (κ1) is 15.4. The number of anilines is 1. The topological polar surface area (TPSA) is 100 Å². The number of aromatic amines is 1. The Bertz CT molecular complexity index is 1010. The van der Waals surface area contributed by atoms with E-state index in [1.54, 1.807) is 30.3 Å². The van der Waals surface area contributed by atoms with Crippen LogP contribution in [0, 0.1) is 5.82 Å². The Morgan fingerprint density at radius 2 is 2.00 bits per heavy atom. The molecule has 0 aliphatic heterocycles. The van der Waals surface area contributed by atoms with Crippen LogP contribution in [-0.4, -0.2) is 17.1 Å². The Kier molecular flexibility index (Phi) is 4.07. The van der Waals surface area contributed by atoms with Crippen molar-refractivity contribution in [2.75, 3.05) is 5.73 Å². The lowest BCUT2D eigenvalue weighted by atomic mass is 10.1. The van der Waals surface area contributed by atoms with Crippen molar-refractivity contribution in [3.63, 3.8) is 0 Å². The van der Waals surface area contributed by atoms with Gasteiger partial charge in [-0.15, -0.1) is 0 Å². The van der Waals surface area contributed by atoms with Crippen molar-refractivity contribution in [1.29, 1.82) is 0 Å². The number of nitrogen functional groups attached to an aromatic ring is 1. The second kappa shape index (κ2) is 6.33. The fourth-order valence-corrected chi connectivity index (χ4v) is 2.30. The van der Waals surface area contributed by atoms with Crippen LogP contribution in [0.25, 0.3) is 10.9 Å². The maximum absolute atomic E-state index is 13.1.